The van der Waals surface area contributed by atoms with Gasteiger partial charge in [-0.05, 0) is 25.0 Å². The Morgan fingerprint density at radius 1 is 1.39 bits per heavy atom. The lowest BCUT2D eigenvalue weighted by Gasteiger charge is -2.35. The Bertz CT molecular complexity index is 392. The van der Waals surface area contributed by atoms with E-state index in [1.165, 1.54) is 12.8 Å². The van der Waals surface area contributed by atoms with Crippen LogP contribution < -0.4 is 5.32 Å². The first-order valence-electron chi connectivity index (χ1n) is 6.88. The number of furan rings is 1. The third-order valence-electron chi connectivity index (χ3n) is 4.09. The number of carbonyl (C=O) groups is 1. The van der Waals surface area contributed by atoms with Crippen LogP contribution in [0.5, 0.6) is 0 Å². The Morgan fingerprint density at radius 3 is 2.72 bits per heavy atom. The third kappa shape index (κ3) is 2.29. The smallest absolute Gasteiger partial charge is 0.228 e. The van der Waals surface area contributed by atoms with Gasteiger partial charge in [0.1, 0.15) is 5.76 Å². The standard InChI is InChI=1S/C14H20N2O2/c17-14(11-8-15-9-11)16(12-4-1-2-5-12)10-13-6-3-7-18-13/h3,6-7,11-12,15H,1-2,4-5,8-10H2. The van der Waals surface area contributed by atoms with E-state index in [0.29, 0.717) is 18.5 Å². The summed E-state index contributed by atoms with van der Waals surface area (Å²) in [4.78, 5) is 14.5. The van der Waals surface area contributed by atoms with Crippen molar-refractivity contribution in [3.8, 4) is 0 Å². The maximum absolute atomic E-state index is 12.5. The minimum Gasteiger partial charge on any atom is -0.467 e. The van der Waals surface area contributed by atoms with Crippen LogP contribution in [0.25, 0.3) is 0 Å². The normalized spacial score (nSPS) is 20.9. The van der Waals surface area contributed by atoms with E-state index in [9.17, 15) is 4.79 Å². The lowest BCUT2D eigenvalue weighted by molar-refractivity contribution is -0.140. The lowest BCUT2D eigenvalue weighted by atomic mass is 10.00. The molecule has 0 radical (unpaired) electrons. The van der Waals surface area contributed by atoms with E-state index in [-0.39, 0.29) is 5.92 Å². The van der Waals surface area contributed by atoms with Crippen LogP contribution in [0.3, 0.4) is 0 Å². The maximum Gasteiger partial charge on any atom is 0.228 e. The molecule has 0 atom stereocenters. The molecule has 0 aromatic carbocycles. The van der Waals surface area contributed by atoms with Gasteiger partial charge in [0, 0.05) is 19.1 Å². The number of hydrogen-bond donors (Lipinski definition) is 1. The first-order valence-corrected chi connectivity index (χ1v) is 6.88. The molecule has 3 rings (SSSR count). The Morgan fingerprint density at radius 2 is 2.17 bits per heavy atom. The largest absolute Gasteiger partial charge is 0.467 e. The molecule has 4 nitrogen and oxygen atoms in total. The van der Waals surface area contributed by atoms with Gasteiger partial charge in [-0.15, -0.1) is 0 Å². The molecule has 1 saturated heterocycles. The van der Waals surface area contributed by atoms with E-state index >= 15 is 0 Å². The van der Waals surface area contributed by atoms with Gasteiger partial charge in [0.2, 0.25) is 5.91 Å². The van der Waals surface area contributed by atoms with Crippen molar-refractivity contribution < 1.29 is 9.21 Å². The molecule has 4 heteroatoms. The highest BCUT2D eigenvalue weighted by Gasteiger charge is 2.34. The van der Waals surface area contributed by atoms with Crippen molar-refractivity contribution in [1.29, 1.82) is 0 Å². The third-order valence-corrected chi connectivity index (χ3v) is 4.09. The minimum absolute atomic E-state index is 0.181. The van der Waals surface area contributed by atoms with Crippen molar-refractivity contribution in [2.24, 2.45) is 5.92 Å². The second kappa shape index (κ2) is 5.14. The van der Waals surface area contributed by atoms with Gasteiger partial charge in [-0.1, -0.05) is 12.8 Å². The molecule has 2 heterocycles. The number of nitrogens with one attached hydrogen (secondary N) is 1. The monoisotopic (exact) mass is 248 g/mol. The number of hydrogen-bond acceptors (Lipinski definition) is 3. The van der Waals surface area contributed by atoms with Gasteiger partial charge in [-0.3, -0.25) is 4.79 Å². The second-order valence-corrected chi connectivity index (χ2v) is 5.34. The first kappa shape index (κ1) is 11.8. The van der Waals surface area contributed by atoms with Crippen molar-refractivity contribution in [2.45, 2.75) is 38.3 Å². The predicted molar refractivity (Wildman–Crippen MR) is 67.9 cm³/mol. The summed E-state index contributed by atoms with van der Waals surface area (Å²) < 4.78 is 5.40. The molecule has 1 saturated carbocycles. The molecule has 1 amide bonds. The molecular weight excluding hydrogens is 228 g/mol. The summed E-state index contributed by atoms with van der Waals surface area (Å²) in [6.45, 7) is 2.30. The summed E-state index contributed by atoms with van der Waals surface area (Å²) >= 11 is 0. The molecule has 1 aromatic heterocycles. The van der Waals surface area contributed by atoms with Gasteiger partial charge in [-0.25, -0.2) is 0 Å². The molecule has 1 aliphatic heterocycles. The van der Waals surface area contributed by atoms with Crippen LogP contribution in [0.4, 0.5) is 0 Å². The summed E-state index contributed by atoms with van der Waals surface area (Å²) in [5, 5.41) is 3.18. The van der Waals surface area contributed by atoms with Gasteiger partial charge in [0.15, 0.2) is 0 Å². The Balaban J connectivity index is 1.71. The minimum atomic E-state index is 0.181. The van der Waals surface area contributed by atoms with E-state index in [4.69, 9.17) is 4.42 Å². The van der Waals surface area contributed by atoms with E-state index in [2.05, 4.69) is 10.2 Å². The molecule has 1 aliphatic carbocycles. The molecule has 18 heavy (non-hydrogen) atoms. The Kier molecular flexibility index (Phi) is 3.37. The topological polar surface area (TPSA) is 45.5 Å². The summed E-state index contributed by atoms with van der Waals surface area (Å²) in [7, 11) is 0. The van der Waals surface area contributed by atoms with Crippen LogP contribution in [0.15, 0.2) is 22.8 Å². The maximum atomic E-state index is 12.5. The van der Waals surface area contributed by atoms with Crippen LogP contribution in [0.2, 0.25) is 0 Å². The van der Waals surface area contributed by atoms with Crippen molar-refractivity contribution in [3.63, 3.8) is 0 Å². The number of nitrogens with zero attached hydrogens (tertiary/aromatic N) is 1. The molecule has 0 bridgehead atoms. The Labute approximate surface area is 107 Å². The van der Waals surface area contributed by atoms with Gasteiger partial charge < -0.3 is 14.6 Å². The fraction of sp³-hybridized carbons (Fsp3) is 0.643. The lowest BCUT2D eigenvalue weighted by Crippen LogP contribution is -2.53. The molecule has 1 aromatic rings. The summed E-state index contributed by atoms with van der Waals surface area (Å²) in [5.74, 6) is 1.38. The average Bonchev–Trinajstić information content (AvgIpc) is 2.96. The number of rotatable bonds is 4. The van der Waals surface area contributed by atoms with Gasteiger partial charge in [-0.2, -0.15) is 0 Å². The summed E-state index contributed by atoms with van der Waals surface area (Å²) in [6, 6.07) is 4.26. The van der Waals surface area contributed by atoms with E-state index in [1.54, 1.807) is 6.26 Å². The van der Waals surface area contributed by atoms with Crippen molar-refractivity contribution in [3.05, 3.63) is 24.2 Å². The SMILES string of the molecule is O=C(C1CNC1)N(Cc1ccco1)C1CCCC1. The molecule has 0 spiro atoms. The average molecular weight is 248 g/mol. The Hall–Kier alpha value is -1.29. The van der Waals surface area contributed by atoms with E-state index in [1.807, 2.05) is 12.1 Å². The van der Waals surface area contributed by atoms with Crippen molar-refractivity contribution in [2.75, 3.05) is 13.1 Å². The van der Waals surface area contributed by atoms with Crippen LogP contribution in [0, 0.1) is 5.92 Å². The highest BCUT2D eigenvalue weighted by atomic mass is 16.3. The zero-order valence-electron chi connectivity index (χ0n) is 10.6. The van der Waals surface area contributed by atoms with E-state index in [0.717, 1.165) is 31.7 Å². The van der Waals surface area contributed by atoms with Crippen LogP contribution in [-0.2, 0) is 11.3 Å². The van der Waals surface area contributed by atoms with Gasteiger partial charge in [0.25, 0.3) is 0 Å². The van der Waals surface area contributed by atoms with Gasteiger partial charge in [0.05, 0.1) is 18.7 Å². The molecule has 98 valence electrons. The van der Waals surface area contributed by atoms with Crippen LogP contribution in [0.1, 0.15) is 31.4 Å². The molecule has 1 N–H and O–H groups in total. The summed E-state index contributed by atoms with van der Waals surface area (Å²) in [5.41, 5.74) is 0. The number of amides is 1. The zero-order chi connectivity index (χ0) is 12.4. The van der Waals surface area contributed by atoms with Gasteiger partial charge >= 0.3 is 0 Å². The van der Waals surface area contributed by atoms with Crippen LogP contribution >= 0.6 is 0 Å². The molecular formula is C14H20N2O2. The zero-order valence-corrected chi connectivity index (χ0v) is 10.6. The quantitative estimate of drug-likeness (QED) is 0.883. The van der Waals surface area contributed by atoms with Crippen molar-refractivity contribution in [1.82, 2.24) is 10.2 Å². The highest BCUT2D eigenvalue weighted by Crippen LogP contribution is 2.27. The van der Waals surface area contributed by atoms with Crippen molar-refractivity contribution >= 4 is 5.91 Å². The first-order chi connectivity index (χ1) is 8.84. The van der Waals surface area contributed by atoms with Crippen LogP contribution in [-0.4, -0.2) is 29.9 Å². The van der Waals surface area contributed by atoms with E-state index < -0.39 is 0 Å². The molecule has 2 aliphatic rings. The molecule has 2 fully saturated rings. The molecule has 0 unspecified atom stereocenters. The second-order valence-electron chi connectivity index (χ2n) is 5.34. The number of carbonyl (C=O) groups excluding carboxylic acids is 1. The summed E-state index contributed by atoms with van der Waals surface area (Å²) in [6.07, 6.45) is 6.46. The highest BCUT2D eigenvalue weighted by molar-refractivity contribution is 5.80. The fourth-order valence-corrected chi connectivity index (χ4v) is 2.87. The fourth-order valence-electron chi connectivity index (χ4n) is 2.87. The predicted octanol–water partition coefficient (Wildman–Crippen LogP) is 1.77.